The second-order valence-electron chi connectivity index (χ2n) is 5.94. The highest BCUT2D eigenvalue weighted by Crippen LogP contribution is 2.34. The number of piperidine rings is 1. The predicted octanol–water partition coefficient (Wildman–Crippen LogP) is 4.06. The van der Waals surface area contributed by atoms with Crippen LogP contribution in [0.4, 0.5) is 4.39 Å². The fourth-order valence-electron chi connectivity index (χ4n) is 3.38. The standard InChI is InChI=1S/C18H28FN3.HI/c1-3-15-14-22(18(20-2)21-12-7-11-19)13-10-17(15)16-8-5-4-6-9-16;/h4-6,8-9,15,17H,3,7,10-14H2,1-2H3,(H,20,21);1H. The van der Waals surface area contributed by atoms with Gasteiger partial charge in [-0.25, -0.2) is 0 Å². The van der Waals surface area contributed by atoms with Crippen molar-refractivity contribution in [2.75, 3.05) is 33.4 Å². The van der Waals surface area contributed by atoms with Gasteiger partial charge in [0.2, 0.25) is 0 Å². The van der Waals surface area contributed by atoms with E-state index in [2.05, 4.69) is 52.5 Å². The molecule has 1 aliphatic rings. The third-order valence-electron chi connectivity index (χ3n) is 4.59. The number of nitrogens with zero attached hydrogens (tertiary/aromatic N) is 2. The summed E-state index contributed by atoms with van der Waals surface area (Å²) in [4.78, 5) is 6.68. The summed E-state index contributed by atoms with van der Waals surface area (Å²) in [6.07, 6.45) is 2.85. The third-order valence-corrected chi connectivity index (χ3v) is 4.59. The van der Waals surface area contributed by atoms with Crippen LogP contribution in [0.1, 0.15) is 37.7 Å². The maximum atomic E-state index is 12.3. The van der Waals surface area contributed by atoms with Crippen molar-refractivity contribution in [3.8, 4) is 0 Å². The van der Waals surface area contributed by atoms with Gasteiger partial charge in [-0.3, -0.25) is 9.38 Å². The molecule has 0 spiro atoms. The highest BCUT2D eigenvalue weighted by atomic mass is 127. The average Bonchev–Trinajstić information content (AvgIpc) is 2.59. The highest BCUT2D eigenvalue weighted by Gasteiger charge is 2.30. The van der Waals surface area contributed by atoms with Gasteiger partial charge in [-0.05, 0) is 30.2 Å². The summed E-state index contributed by atoms with van der Waals surface area (Å²) in [5.74, 6) is 2.18. The fourth-order valence-corrected chi connectivity index (χ4v) is 3.38. The Bertz CT molecular complexity index is 467. The third kappa shape index (κ3) is 5.62. The molecule has 130 valence electrons. The number of benzene rings is 1. The molecule has 0 amide bonds. The van der Waals surface area contributed by atoms with Crippen molar-refractivity contribution < 1.29 is 4.39 Å². The molecule has 0 radical (unpaired) electrons. The molecule has 2 rings (SSSR count). The Kier molecular flexibility index (Phi) is 9.52. The molecule has 2 unspecified atom stereocenters. The number of likely N-dealkylation sites (tertiary alicyclic amines) is 1. The molecule has 1 aromatic rings. The minimum Gasteiger partial charge on any atom is -0.356 e. The van der Waals surface area contributed by atoms with Crippen LogP contribution in [0.2, 0.25) is 0 Å². The lowest BCUT2D eigenvalue weighted by Crippen LogP contribution is -2.48. The normalized spacial score (nSPS) is 21.7. The Hall–Kier alpha value is -0.850. The van der Waals surface area contributed by atoms with Gasteiger partial charge < -0.3 is 10.2 Å². The molecule has 1 N–H and O–H groups in total. The van der Waals surface area contributed by atoms with Crippen LogP contribution in [0.25, 0.3) is 0 Å². The second kappa shape index (κ2) is 10.8. The topological polar surface area (TPSA) is 27.6 Å². The Morgan fingerprint density at radius 3 is 2.70 bits per heavy atom. The summed E-state index contributed by atoms with van der Waals surface area (Å²) in [5.41, 5.74) is 1.45. The van der Waals surface area contributed by atoms with Gasteiger partial charge in [-0.15, -0.1) is 24.0 Å². The van der Waals surface area contributed by atoms with Crippen LogP contribution < -0.4 is 5.32 Å². The quantitative estimate of drug-likeness (QED) is 0.328. The smallest absolute Gasteiger partial charge is 0.193 e. The summed E-state index contributed by atoms with van der Waals surface area (Å²) in [5, 5.41) is 3.28. The summed E-state index contributed by atoms with van der Waals surface area (Å²) in [6.45, 7) is 4.66. The van der Waals surface area contributed by atoms with Gasteiger partial charge in [0, 0.05) is 26.7 Å². The molecular formula is C18H29FIN3. The first-order valence-corrected chi connectivity index (χ1v) is 8.36. The van der Waals surface area contributed by atoms with Crippen LogP contribution in [0.15, 0.2) is 35.3 Å². The van der Waals surface area contributed by atoms with Gasteiger partial charge in [0.15, 0.2) is 5.96 Å². The second-order valence-corrected chi connectivity index (χ2v) is 5.94. The first-order valence-electron chi connectivity index (χ1n) is 8.36. The van der Waals surface area contributed by atoms with E-state index < -0.39 is 0 Å². The molecular weight excluding hydrogens is 404 g/mol. The van der Waals surface area contributed by atoms with Crippen LogP contribution in [-0.2, 0) is 0 Å². The van der Waals surface area contributed by atoms with Crippen molar-refractivity contribution in [3.63, 3.8) is 0 Å². The number of hydrogen-bond acceptors (Lipinski definition) is 1. The molecule has 2 atom stereocenters. The lowest BCUT2D eigenvalue weighted by Gasteiger charge is -2.40. The Morgan fingerprint density at radius 2 is 2.09 bits per heavy atom. The van der Waals surface area contributed by atoms with Gasteiger partial charge >= 0.3 is 0 Å². The molecule has 23 heavy (non-hydrogen) atoms. The zero-order chi connectivity index (χ0) is 15.8. The van der Waals surface area contributed by atoms with E-state index in [1.807, 2.05) is 7.05 Å². The monoisotopic (exact) mass is 433 g/mol. The number of alkyl halides is 1. The largest absolute Gasteiger partial charge is 0.356 e. The van der Waals surface area contributed by atoms with E-state index in [4.69, 9.17) is 0 Å². The first kappa shape index (κ1) is 20.2. The summed E-state index contributed by atoms with van der Waals surface area (Å²) in [7, 11) is 1.81. The number of guanidine groups is 1. The van der Waals surface area contributed by atoms with E-state index in [-0.39, 0.29) is 30.7 Å². The van der Waals surface area contributed by atoms with Crippen molar-refractivity contribution >= 4 is 29.9 Å². The Labute approximate surface area is 156 Å². The van der Waals surface area contributed by atoms with Crippen LogP contribution >= 0.6 is 24.0 Å². The molecule has 3 nitrogen and oxygen atoms in total. The van der Waals surface area contributed by atoms with E-state index in [0.717, 1.165) is 31.9 Å². The summed E-state index contributed by atoms with van der Waals surface area (Å²) >= 11 is 0. The van der Waals surface area contributed by atoms with E-state index in [1.54, 1.807) is 0 Å². The minimum atomic E-state index is -0.280. The molecule has 1 aromatic carbocycles. The first-order chi connectivity index (χ1) is 10.8. The predicted molar refractivity (Wildman–Crippen MR) is 107 cm³/mol. The highest BCUT2D eigenvalue weighted by molar-refractivity contribution is 14.0. The zero-order valence-corrected chi connectivity index (χ0v) is 16.5. The Balaban J connectivity index is 0.00000264. The molecule has 0 saturated carbocycles. The van der Waals surface area contributed by atoms with Gasteiger partial charge in [0.25, 0.3) is 0 Å². The van der Waals surface area contributed by atoms with E-state index in [9.17, 15) is 4.39 Å². The SMILES string of the molecule is CCC1CN(C(=NC)NCCCF)CCC1c1ccccc1.I. The molecule has 5 heteroatoms. The van der Waals surface area contributed by atoms with E-state index >= 15 is 0 Å². The molecule has 1 aliphatic heterocycles. The maximum Gasteiger partial charge on any atom is 0.193 e. The lowest BCUT2D eigenvalue weighted by atomic mass is 9.79. The summed E-state index contributed by atoms with van der Waals surface area (Å²) < 4.78 is 12.3. The molecule has 1 heterocycles. The molecule has 1 fully saturated rings. The van der Waals surface area contributed by atoms with Crippen molar-refractivity contribution in [1.82, 2.24) is 10.2 Å². The van der Waals surface area contributed by atoms with Crippen LogP contribution in [0.5, 0.6) is 0 Å². The van der Waals surface area contributed by atoms with Gasteiger partial charge in [0.05, 0.1) is 6.67 Å². The zero-order valence-electron chi connectivity index (χ0n) is 14.2. The minimum absolute atomic E-state index is 0. The number of rotatable bonds is 5. The van der Waals surface area contributed by atoms with Crippen molar-refractivity contribution in [3.05, 3.63) is 35.9 Å². The van der Waals surface area contributed by atoms with Crippen LogP contribution in [0, 0.1) is 5.92 Å². The van der Waals surface area contributed by atoms with E-state index in [1.165, 1.54) is 5.56 Å². The molecule has 1 saturated heterocycles. The van der Waals surface area contributed by atoms with Crippen molar-refractivity contribution in [2.45, 2.75) is 32.1 Å². The molecule has 0 aliphatic carbocycles. The van der Waals surface area contributed by atoms with Gasteiger partial charge in [0.1, 0.15) is 0 Å². The summed E-state index contributed by atoms with van der Waals surface area (Å²) in [6, 6.07) is 10.8. The van der Waals surface area contributed by atoms with Crippen molar-refractivity contribution in [1.29, 1.82) is 0 Å². The fraction of sp³-hybridized carbons (Fsp3) is 0.611. The Morgan fingerprint density at radius 1 is 1.35 bits per heavy atom. The van der Waals surface area contributed by atoms with Gasteiger partial charge in [-0.1, -0.05) is 43.7 Å². The average molecular weight is 433 g/mol. The lowest BCUT2D eigenvalue weighted by molar-refractivity contribution is 0.215. The molecule has 0 bridgehead atoms. The number of aliphatic imine (C=N–C) groups is 1. The maximum absolute atomic E-state index is 12.3. The number of nitrogens with one attached hydrogen (secondary N) is 1. The molecule has 0 aromatic heterocycles. The van der Waals surface area contributed by atoms with Crippen LogP contribution in [0.3, 0.4) is 0 Å². The number of halogens is 2. The van der Waals surface area contributed by atoms with Crippen LogP contribution in [-0.4, -0.2) is 44.2 Å². The van der Waals surface area contributed by atoms with E-state index in [0.29, 0.717) is 24.8 Å². The van der Waals surface area contributed by atoms with Crippen molar-refractivity contribution in [2.24, 2.45) is 10.9 Å². The number of hydrogen-bond donors (Lipinski definition) is 1. The van der Waals surface area contributed by atoms with Gasteiger partial charge in [-0.2, -0.15) is 0 Å².